The van der Waals surface area contributed by atoms with Gasteiger partial charge in [0.15, 0.2) is 0 Å². The average Bonchev–Trinajstić information content (AvgIpc) is 2.86. The topological polar surface area (TPSA) is 118 Å². The van der Waals surface area contributed by atoms with E-state index >= 15 is 0 Å². The fourth-order valence-electron chi connectivity index (χ4n) is 4.45. The molecule has 0 radical (unpaired) electrons. The van der Waals surface area contributed by atoms with Crippen molar-refractivity contribution in [2.75, 3.05) is 69.2 Å². The molecule has 2 fully saturated rings. The standard InChI is InChI=1S/C25H35N7O4S/c1-6-23(33)27-19-13-20(22(35-4)14-21(19)31-11-8-17(9-12-31)30(2)3)28-25-26-10-7-24(29-25)36-18-15-32(16-18)37(5)34/h6-7,10,13-14,17-18H,1,8-9,11-12,15-16H2,2-5H3,(H,27,33)(H,26,28,29). The number of hydrogen-bond donors (Lipinski definition) is 2. The van der Waals surface area contributed by atoms with Crippen LogP contribution in [0.3, 0.4) is 0 Å². The fraction of sp³-hybridized carbons (Fsp3) is 0.480. The van der Waals surface area contributed by atoms with Crippen LogP contribution in [0.4, 0.5) is 23.0 Å². The van der Waals surface area contributed by atoms with Crippen LogP contribution in [0.1, 0.15) is 12.8 Å². The van der Waals surface area contributed by atoms with Gasteiger partial charge in [0.2, 0.25) is 17.7 Å². The molecule has 37 heavy (non-hydrogen) atoms. The maximum atomic E-state index is 12.3. The molecule has 0 saturated carbocycles. The van der Waals surface area contributed by atoms with E-state index in [1.54, 1.807) is 25.6 Å². The number of methoxy groups -OCH3 is 1. The molecule has 1 aromatic carbocycles. The normalized spacial score (nSPS) is 17.7. The third-order valence-electron chi connectivity index (χ3n) is 6.64. The molecular weight excluding hydrogens is 494 g/mol. The lowest BCUT2D eigenvalue weighted by atomic mass is 10.0. The highest BCUT2D eigenvalue weighted by atomic mass is 32.2. The van der Waals surface area contributed by atoms with E-state index in [9.17, 15) is 9.35 Å². The van der Waals surface area contributed by atoms with Crippen molar-refractivity contribution >= 4 is 40.3 Å². The van der Waals surface area contributed by atoms with Crippen LogP contribution in [0, 0.1) is 0 Å². The van der Waals surface area contributed by atoms with Gasteiger partial charge in [0.05, 0.1) is 37.3 Å². The number of ether oxygens (including phenoxy) is 2. The van der Waals surface area contributed by atoms with Gasteiger partial charge in [-0.2, -0.15) is 4.98 Å². The molecule has 1 amide bonds. The summed E-state index contributed by atoms with van der Waals surface area (Å²) in [4.78, 5) is 25.6. The highest BCUT2D eigenvalue weighted by molar-refractivity contribution is 7.88. The average molecular weight is 530 g/mol. The number of anilines is 4. The number of nitrogens with one attached hydrogen (secondary N) is 2. The first-order valence-corrected chi connectivity index (χ1v) is 13.7. The van der Waals surface area contributed by atoms with Crippen molar-refractivity contribution in [3.63, 3.8) is 0 Å². The molecule has 2 aliphatic heterocycles. The second-order valence-electron chi connectivity index (χ2n) is 9.30. The zero-order valence-electron chi connectivity index (χ0n) is 21.8. The molecular formula is C25H35N7O4S. The van der Waals surface area contributed by atoms with Crippen molar-refractivity contribution in [1.29, 1.82) is 0 Å². The number of aromatic nitrogens is 2. The predicted molar refractivity (Wildman–Crippen MR) is 146 cm³/mol. The minimum absolute atomic E-state index is 0.0715. The van der Waals surface area contributed by atoms with Gasteiger partial charge in [-0.3, -0.25) is 4.79 Å². The Labute approximate surface area is 221 Å². The molecule has 1 aromatic heterocycles. The minimum Gasteiger partial charge on any atom is -0.598 e. The van der Waals surface area contributed by atoms with Crippen LogP contribution in [0.25, 0.3) is 0 Å². The van der Waals surface area contributed by atoms with Crippen LogP contribution in [0.5, 0.6) is 11.6 Å². The van der Waals surface area contributed by atoms with Crippen molar-refractivity contribution in [3.8, 4) is 11.6 Å². The Bertz CT molecular complexity index is 1100. The summed E-state index contributed by atoms with van der Waals surface area (Å²) in [6, 6.07) is 5.96. The Morgan fingerprint density at radius 3 is 2.62 bits per heavy atom. The summed E-state index contributed by atoms with van der Waals surface area (Å²) in [6.45, 7) is 6.49. The summed E-state index contributed by atoms with van der Waals surface area (Å²) in [7, 11) is 5.82. The molecule has 3 heterocycles. The van der Waals surface area contributed by atoms with Crippen molar-refractivity contribution < 1.29 is 18.8 Å². The molecule has 2 N–H and O–H groups in total. The Kier molecular flexibility index (Phi) is 8.75. The number of piperidine rings is 1. The van der Waals surface area contributed by atoms with Crippen LogP contribution in [0.2, 0.25) is 0 Å². The maximum Gasteiger partial charge on any atom is 0.247 e. The highest BCUT2D eigenvalue weighted by Crippen LogP contribution is 2.39. The zero-order valence-corrected chi connectivity index (χ0v) is 22.6. The van der Waals surface area contributed by atoms with Gasteiger partial charge in [-0.1, -0.05) is 6.58 Å². The molecule has 11 nitrogen and oxygen atoms in total. The molecule has 2 aromatic rings. The monoisotopic (exact) mass is 529 g/mol. The van der Waals surface area contributed by atoms with E-state index in [0.29, 0.717) is 48.1 Å². The van der Waals surface area contributed by atoms with Crippen LogP contribution >= 0.6 is 0 Å². The van der Waals surface area contributed by atoms with Crippen LogP contribution < -0.4 is 25.0 Å². The number of amides is 1. The van der Waals surface area contributed by atoms with Gasteiger partial charge >= 0.3 is 0 Å². The molecule has 2 aliphatic rings. The predicted octanol–water partition coefficient (Wildman–Crippen LogP) is 2.24. The van der Waals surface area contributed by atoms with E-state index in [4.69, 9.17) is 9.47 Å². The number of rotatable bonds is 10. The van der Waals surface area contributed by atoms with Gasteiger partial charge in [-0.05, 0) is 39.1 Å². The molecule has 1 unspecified atom stereocenters. The summed E-state index contributed by atoms with van der Waals surface area (Å²) in [5.41, 5.74) is 2.13. The lowest BCUT2D eigenvalue weighted by Crippen LogP contribution is -2.55. The summed E-state index contributed by atoms with van der Waals surface area (Å²) >= 11 is -1.000. The molecule has 12 heteroatoms. The first-order chi connectivity index (χ1) is 17.8. The van der Waals surface area contributed by atoms with Gasteiger partial charge in [0, 0.05) is 48.8 Å². The van der Waals surface area contributed by atoms with E-state index in [1.807, 2.05) is 16.4 Å². The second-order valence-corrected chi connectivity index (χ2v) is 10.7. The SMILES string of the molecule is C=CC(=O)Nc1cc(Nc2nccc(OC3CN([S+](C)[O-])C3)n2)c(OC)cc1N1CCC(N(C)C)CC1. The smallest absolute Gasteiger partial charge is 0.247 e. The van der Waals surface area contributed by atoms with E-state index < -0.39 is 11.4 Å². The van der Waals surface area contributed by atoms with Gasteiger partial charge < -0.3 is 34.5 Å². The molecule has 200 valence electrons. The molecule has 0 spiro atoms. The van der Waals surface area contributed by atoms with E-state index in [0.717, 1.165) is 31.6 Å². The van der Waals surface area contributed by atoms with E-state index in [2.05, 4.69) is 51.1 Å². The minimum atomic E-state index is -1.000. The number of benzene rings is 1. The molecule has 0 aliphatic carbocycles. The van der Waals surface area contributed by atoms with Crippen molar-refractivity contribution in [3.05, 3.63) is 37.1 Å². The number of carbonyl (C=O) groups is 1. The number of carbonyl (C=O) groups excluding carboxylic acids is 1. The molecule has 2 saturated heterocycles. The quantitative estimate of drug-likeness (QED) is 0.350. The third-order valence-corrected chi connectivity index (χ3v) is 7.66. The van der Waals surface area contributed by atoms with Crippen molar-refractivity contribution in [2.24, 2.45) is 0 Å². The molecule has 4 rings (SSSR count). The first-order valence-electron chi connectivity index (χ1n) is 12.2. The van der Waals surface area contributed by atoms with Gasteiger partial charge in [0.25, 0.3) is 0 Å². The summed E-state index contributed by atoms with van der Waals surface area (Å²) in [5.74, 6) is 1.04. The largest absolute Gasteiger partial charge is 0.598 e. The number of nitrogens with zero attached hydrogens (tertiary/aromatic N) is 5. The Morgan fingerprint density at radius 2 is 2.00 bits per heavy atom. The highest BCUT2D eigenvalue weighted by Gasteiger charge is 2.35. The van der Waals surface area contributed by atoms with Crippen LogP contribution in [0.15, 0.2) is 37.1 Å². The lowest BCUT2D eigenvalue weighted by Gasteiger charge is -2.37. The second kappa shape index (κ2) is 12.0. The Morgan fingerprint density at radius 1 is 1.27 bits per heavy atom. The van der Waals surface area contributed by atoms with Crippen LogP contribution in [-0.4, -0.2) is 95.4 Å². The number of hydrogen-bond acceptors (Lipinski definition) is 10. The van der Waals surface area contributed by atoms with Gasteiger partial charge in [-0.25, -0.2) is 4.98 Å². The third kappa shape index (κ3) is 6.63. The molecule has 1 atom stereocenters. The fourth-order valence-corrected chi connectivity index (χ4v) is 5.20. The lowest BCUT2D eigenvalue weighted by molar-refractivity contribution is -0.111. The van der Waals surface area contributed by atoms with Gasteiger partial charge in [0.1, 0.15) is 18.1 Å². The Hall–Kier alpha value is -3.06. The van der Waals surface area contributed by atoms with Crippen molar-refractivity contribution in [2.45, 2.75) is 25.0 Å². The maximum absolute atomic E-state index is 12.3. The first kappa shape index (κ1) is 27.0. The van der Waals surface area contributed by atoms with Crippen LogP contribution in [-0.2, 0) is 16.2 Å². The zero-order chi connectivity index (χ0) is 26.5. The summed E-state index contributed by atoms with van der Waals surface area (Å²) in [6.07, 6.45) is 6.49. The summed E-state index contributed by atoms with van der Waals surface area (Å²) in [5, 5.41) is 6.13. The van der Waals surface area contributed by atoms with E-state index in [-0.39, 0.29) is 12.0 Å². The Balaban J connectivity index is 1.54. The van der Waals surface area contributed by atoms with E-state index in [1.165, 1.54) is 6.08 Å². The summed E-state index contributed by atoms with van der Waals surface area (Å²) < 4.78 is 24.9. The van der Waals surface area contributed by atoms with Crippen molar-refractivity contribution in [1.82, 2.24) is 19.2 Å². The van der Waals surface area contributed by atoms with Gasteiger partial charge in [-0.15, -0.1) is 4.31 Å². The molecule has 0 bridgehead atoms.